The molecule has 0 bridgehead atoms. The van der Waals surface area contributed by atoms with Crippen molar-refractivity contribution in [3.05, 3.63) is 65.7 Å². The Labute approximate surface area is 120 Å². The van der Waals surface area contributed by atoms with Gasteiger partial charge in [-0.3, -0.25) is 0 Å². The van der Waals surface area contributed by atoms with E-state index >= 15 is 0 Å². The van der Waals surface area contributed by atoms with E-state index in [1.165, 1.54) is 6.07 Å². The fraction of sp³-hybridized carbons (Fsp3) is 0.0667. The van der Waals surface area contributed by atoms with Crippen molar-refractivity contribution < 1.29 is 19.8 Å². The molecule has 0 heterocycles. The number of aliphatic carboxylic acids is 1. The highest BCUT2D eigenvalue weighted by Gasteiger charge is 2.16. The molecule has 0 aromatic heterocycles. The minimum Gasteiger partial charge on any atom is -0.549 e. The Morgan fingerprint density at radius 1 is 0.900 bits per heavy atom. The first-order chi connectivity index (χ1) is 9.59. The van der Waals surface area contributed by atoms with E-state index in [0.29, 0.717) is 10.5 Å². The van der Waals surface area contributed by atoms with Crippen LogP contribution in [0.4, 0.5) is 0 Å². The predicted octanol–water partition coefficient (Wildman–Crippen LogP) is 0.633. The molecule has 20 heavy (non-hydrogen) atoms. The standard InChI is InChI=1S/C15H12O4S/c16-14(17)11-8-4-5-9-12(11)20-13(15(18)19)10-6-2-1-3-7-10/h1-9,13H,(H,16,17)(H,18,19)/p-2/t13-/m0/s1. The molecule has 2 rings (SSSR count). The lowest BCUT2D eigenvalue weighted by Crippen LogP contribution is -2.28. The number of hydrogen-bond acceptors (Lipinski definition) is 5. The van der Waals surface area contributed by atoms with Crippen molar-refractivity contribution in [2.45, 2.75) is 10.1 Å². The lowest BCUT2D eigenvalue weighted by atomic mass is 10.1. The summed E-state index contributed by atoms with van der Waals surface area (Å²) in [6.07, 6.45) is 0. The largest absolute Gasteiger partial charge is 0.549 e. The summed E-state index contributed by atoms with van der Waals surface area (Å²) in [5.74, 6) is -2.60. The second-order valence-corrected chi connectivity index (χ2v) is 5.16. The molecule has 2 aromatic rings. The molecule has 0 aliphatic carbocycles. The first-order valence-corrected chi connectivity index (χ1v) is 6.70. The number of thioether (sulfide) groups is 1. The van der Waals surface area contributed by atoms with Crippen molar-refractivity contribution in [1.82, 2.24) is 0 Å². The average Bonchev–Trinajstić information content (AvgIpc) is 2.45. The molecule has 4 nitrogen and oxygen atoms in total. The van der Waals surface area contributed by atoms with Crippen LogP contribution in [0.1, 0.15) is 21.2 Å². The minimum atomic E-state index is -1.33. The summed E-state index contributed by atoms with van der Waals surface area (Å²) in [7, 11) is 0. The Morgan fingerprint density at radius 3 is 2.10 bits per heavy atom. The smallest absolute Gasteiger partial charge is 0.0739 e. The van der Waals surface area contributed by atoms with Crippen LogP contribution in [0.2, 0.25) is 0 Å². The van der Waals surface area contributed by atoms with Crippen molar-refractivity contribution in [3.63, 3.8) is 0 Å². The minimum absolute atomic E-state index is 0.0281. The van der Waals surface area contributed by atoms with Crippen molar-refractivity contribution in [2.75, 3.05) is 0 Å². The van der Waals surface area contributed by atoms with E-state index in [2.05, 4.69) is 0 Å². The van der Waals surface area contributed by atoms with E-state index in [1.807, 2.05) is 0 Å². The third-order valence-electron chi connectivity index (χ3n) is 2.67. The molecule has 0 amide bonds. The number of carboxylic acid groups (broad SMARTS) is 2. The molecular formula is C15H10O4S-2. The second kappa shape index (κ2) is 6.25. The fourth-order valence-corrected chi connectivity index (χ4v) is 2.82. The van der Waals surface area contributed by atoms with Crippen LogP contribution in [0.25, 0.3) is 0 Å². The van der Waals surface area contributed by atoms with Gasteiger partial charge in [-0.05, 0) is 11.6 Å². The SMILES string of the molecule is O=C([O-])c1ccccc1S[C@H](C(=O)[O-])c1ccccc1. The zero-order valence-electron chi connectivity index (χ0n) is 10.3. The molecule has 2 aromatic carbocycles. The number of aromatic carboxylic acids is 1. The third kappa shape index (κ3) is 3.19. The van der Waals surface area contributed by atoms with Gasteiger partial charge in [-0.15, -0.1) is 11.8 Å². The molecule has 0 fully saturated rings. The normalized spacial score (nSPS) is 11.8. The van der Waals surface area contributed by atoms with Crippen LogP contribution in [0.15, 0.2) is 59.5 Å². The van der Waals surface area contributed by atoms with Gasteiger partial charge in [-0.2, -0.15) is 0 Å². The average molecular weight is 286 g/mol. The highest BCUT2D eigenvalue weighted by molar-refractivity contribution is 8.00. The van der Waals surface area contributed by atoms with Gasteiger partial charge in [0.15, 0.2) is 0 Å². The topological polar surface area (TPSA) is 80.3 Å². The first kappa shape index (κ1) is 14.1. The Balaban J connectivity index is 2.35. The summed E-state index contributed by atoms with van der Waals surface area (Å²) in [4.78, 5) is 22.7. The maximum atomic E-state index is 11.3. The maximum Gasteiger partial charge on any atom is 0.0739 e. The summed E-state index contributed by atoms with van der Waals surface area (Å²) in [6.45, 7) is 0. The fourth-order valence-electron chi connectivity index (χ4n) is 1.75. The van der Waals surface area contributed by atoms with Gasteiger partial charge in [0.1, 0.15) is 0 Å². The number of benzene rings is 2. The molecule has 102 valence electrons. The number of carbonyl (C=O) groups excluding carboxylic acids is 2. The van der Waals surface area contributed by atoms with Crippen LogP contribution in [0, 0.1) is 0 Å². The lowest BCUT2D eigenvalue weighted by molar-refractivity contribution is -0.305. The van der Waals surface area contributed by atoms with Crippen LogP contribution in [-0.2, 0) is 4.79 Å². The van der Waals surface area contributed by atoms with E-state index in [1.54, 1.807) is 48.5 Å². The third-order valence-corrected chi connectivity index (χ3v) is 3.98. The van der Waals surface area contributed by atoms with Gasteiger partial charge in [0.2, 0.25) is 0 Å². The number of rotatable bonds is 5. The lowest BCUT2D eigenvalue weighted by Gasteiger charge is -2.20. The first-order valence-electron chi connectivity index (χ1n) is 5.82. The molecule has 0 radical (unpaired) electrons. The molecular weight excluding hydrogens is 276 g/mol. The molecule has 0 saturated carbocycles. The number of carboxylic acids is 2. The number of carbonyl (C=O) groups is 2. The summed E-state index contributed by atoms with van der Waals surface area (Å²) < 4.78 is 0. The Morgan fingerprint density at radius 2 is 1.50 bits per heavy atom. The van der Waals surface area contributed by atoms with Crippen LogP contribution >= 0.6 is 11.8 Å². The monoisotopic (exact) mass is 286 g/mol. The van der Waals surface area contributed by atoms with Gasteiger partial charge in [0.05, 0.1) is 17.2 Å². The van der Waals surface area contributed by atoms with Gasteiger partial charge in [0.25, 0.3) is 0 Å². The molecule has 0 aliphatic heterocycles. The highest BCUT2D eigenvalue weighted by atomic mass is 32.2. The van der Waals surface area contributed by atoms with Gasteiger partial charge in [-0.25, -0.2) is 0 Å². The summed E-state index contributed by atoms with van der Waals surface area (Å²) in [5, 5.41) is 21.3. The van der Waals surface area contributed by atoms with Crippen molar-refractivity contribution >= 4 is 23.7 Å². The molecule has 1 atom stereocenters. The van der Waals surface area contributed by atoms with E-state index in [4.69, 9.17) is 0 Å². The molecule has 5 heteroatoms. The zero-order chi connectivity index (χ0) is 14.5. The Hall–Kier alpha value is -2.27. The second-order valence-electron chi connectivity index (χ2n) is 4.01. The molecule has 0 saturated heterocycles. The van der Waals surface area contributed by atoms with Crippen LogP contribution in [0.5, 0.6) is 0 Å². The van der Waals surface area contributed by atoms with Crippen LogP contribution < -0.4 is 10.2 Å². The summed E-state index contributed by atoms with van der Waals surface area (Å²) in [5.41, 5.74) is 0.519. The number of hydrogen-bond donors (Lipinski definition) is 0. The summed E-state index contributed by atoms with van der Waals surface area (Å²) >= 11 is 0.922. The Kier molecular flexibility index (Phi) is 4.42. The molecule has 0 spiro atoms. The van der Waals surface area contributed by atoms with Gasteiger partial charge >= 0.3 is 0 Å². The van der Waals surface area contributed by atoms with Crippen LogP contribution in [0.3, 0.4) is 0 Å². The zero-order valence-corrected chi connectivity index (χ0v) is 11.1. The predicted molar refractivity (Wildman–Crippen MR) is 70.8 cm³/mol. The molecule has 0 N–H and O–H groups in total. The molecule has 0 unspecified atom stereocenters. The van der Waals surface area contributed by atoms with Crippen molar-refractivity contribution in [1.29, 1.82) is 0 Å². The van der Waals surface area contributed by atoms with Crippen molar-refractivity contribution in [3.8, 4) is 0 Å². The van der Waals surface area contributed by atoms with Gasteiger partial charge < -0.3 is 19.8 Å². The van der Waals surface area contributed by atoms with E-state index < -0.39 is 17.2 Å². The Bertz CT molecular complexity index is 625. The van der Waals surface area contributed by atoms with E-state index in [9.17, 15) is 19.8 Å². The van der Waals surface area contributed by atoms with E-state index in [-0.39, 0.29) is 5.56 Å². The highest BCUT2D eigenvalue weighted by Crippen LogP contribution is 2.36. The summed E-state index contributed by atoms with van der Waals surface area (Å²) in [6, 6.07) is 14.7. The van der Waals surface area contributed by atoms with Gasteiger partial charge in [-0.1, -0.05) is 48.5 Å². The van der Waals surface area contributed by atoms with Crippen LogP contribution in [-0.4, -0.2) is 11.9 Å². The van der Waals surface area contributed by atoms with Crippen molar-refractivity contribution in [2.24, 2.45) is 0 Å². The maximum absolute atomic E-state index is 11.3. The van der Waals surface area contributed by atoms with E-state index in [0.717, 1.165) is 11.8 Å². The quantitative estimate of drug-likeness (QED) is 0.753. The molecule has 0 aliphatic rings. The van der Waals surface area contributed by atoms with Gasteiger partial charge in [0, 0.05) is 10.5 Å².